The van der Waals surface area contributed by atoms with Crippen molar-refractivity contribution >= 4 is 5.96 Å². The van der Waals surface area contributed by atoms with Crippen molar-refractivity contribution in [2.75, 3.05) is 34.4 Å². The molecule has 0 amide bonds. The van der Waals surface area contributed by atoms with Gasteiger partial charge < -0.3 is 15.4 Å². The van der Waals surface area contributed by atoms with E-state index < -0.39 is 0 Å². The summed E-state index contributed by atoms with van der Waals surface area (Å²) in [6.07, 6.45) is 1.06. The number of hydrogen-bond acceptors (Lipinski definition) is 3. The van der Waals surface area contributed by atoms with Crippen LogP contribution < -0.4 is 10.6 Å². The molecule has 0 saturated carbocycles. The number of nitrogens with one attached hydrogen (secondary N) is 2. The van der Waals surface area contributed by atoms with E-state index >= 15 is 0 Å². The Morgan fingerprint density at radius 1 is 1.26 bits per heavy atom. The van der Waals surface area contributed by atoms with Gasteiger partial charge in [-0.25, -0.2) is 0 Å². The summed E-state index contributed by atoms with van der Waals surface area (Å²) in [4.78, 5) is 6.62. The number of aliphatic imine (C=N–C) groups is 1. The van der Waals surface area contributed by atoms with Crippen LogP contribution in [0.25, 0.3) is 0 Å². The topological polar surface area (TPSA) is 48.9 Å². The summed E-state index contributed by atoms with van der Waals surface area (Å²) in [5.74, 6) is 0.826. The van der Waals surface area contributed by atoms with Crippen LogP contribution in [0.1, 0.15) is 25.8 Å². The molecule has 1 aromatic rings. The van der Waals surface area contributed by atoms with Gasteiger partial charge >= 0.3 is 0 Å². The third-order valence-corrected chi connectivity index (χ3v) is 3.91. The van der Waals surface area contributed by atoms with Crippen molar-refractivity contribution in [1.82, 2.24) is 15.5 Å². The Balaban J connectivity index is 2.30. The lowest BCUT2D eigenvalue weighted by molar-refractivity contribution is 0.179. The summed E-state index contributed by atoms with van der Waals surface area (Å²) in [6.45, 7) is 6.86. The summed E-state index contributed by atoms with van der Waals surface area (Å²) in [5, 5.41) is 6.68. The molecule has 1 rings (SSSR count). The minimum absolute atomic E-state index is 0.240. The van der Waals surface area contributed by atoms with E-state index in [1.807, 2.05) is 0 Å². The first-order chi connectivity index (χ1) is 11.1. The second-order valence-corrected chi connectivity index (χ2v) is 6.04. The summed E-state index contributed by atoms with van der Waals surface area (Å²) in [6, 6.07) is 11.3. The van der Waals surface area contributed by atoms with E-state index in [4.69, 9.17) is 4.74 Å². The predicted molar refractivity (Wildman–Crippen MR) is 97.8 cm³/mol. The molecule has 0 heterocycles. The number of guanidine groups is 1. The predicted octanol–water partition coefficient (Wildman–Crippen LogP) is 2.10. The molecule has 0 saturated heterocycles. The Hall–Kier alpha value is -1.59. The Morgan fingerprint density at radius 2 is 1.96 bits per heavy atom. The smallest absolute Gasteiger partial charge is 0.191 e. The van der Waals surface area contributed by atoms with Gasteiger partial charge in [0, 0.05) is 39.3 Å². The van der Waals surface area contributed by atoms with Crippen molar-refractivity contribution in [3.63, 3.8) is 0 Å². The van der Waals surface area contributed by atoms with E-state index in [9.17, 15) is 0 Å². The minimum Gasteiger partial charge on any atom is -0.383 e. The lowest BCUT2D eigenvalue weighted by Crippen LogP contribution is -2.45. The number of methoxy groups -OCH3 is 1. The van der Waals surface area contributed by atoms with Crippen LogP contribution in [0.3, 0.4) is 0 Å². The van der Waals surface area contributed by atoms with Gasteiger partial charge in [-0.3, -0.25) is 9.89 Å². The molecule has 130 valence electrons. The standard InChI is InChI=1S/C18H32N4O/c1-15(14-23-5)21-18(19-3)20-12-11-16(2)22(4)13-17-9-7-6-8-10-17/h6-10,15-16H,11-14H2,1-5H3,(H2,19,20,21). The van der Waals surface area contributed by atoms with Crippen LogP contribution in [0.5, 0.6) is 0 Å². The lowest BCUT2D eigenvalue weighted by Gasteiger charge is -2.25. The van der Waals surface area contributed by atoms with Crippen LogP contribution in [-0.4, -0.2) is 57.3 Å². The molecule has 0 aliphatic heterocycles. The summed E-state index contributed by atoms with van der Waals surface area (Å²) < 4.78 is 5.13. The zero-order valence-corrected chi connectivity index (χ0v) is 15.2. The Labute approximate surface area is 141 Å². The first kappa shape index (κ1) is 19.5. The average Bonchev–Trinajstić information content (AvgIpc) is 2.54. The summed E-state index contributed by atoms with van der Waals surface area (Å²) in [7, 11) is 5.67. The Morgan fingerprint density at radius 3 is 2.57 bits per heavy atom. The molecule has 0 aliphatic carbocycles. The highest BCUT2D eigenvalue weighted by molar-refractivity contribution is 5.79. The van der Waals surface area contributed by atoms with Crippen molar-refractivity contribution in [3.05, 3.63) is 35.9 Å². The number of ether oxygens (including phenoxy) is 1. The highest BCUT2D eigenvalue weighted by Crippen LogP contribution is 2.07. The van der Waals surface area contributed by atoms with Gasteiger partial charge in [0.1, 0.15) is 0 Å². The van der Waals surface area contributed by atoms with Gasteiger partial charge in [0.25, 0.3) is 0 Å². The van der Waals surface area contributed by atoms with Gasteiger partial charge in [-0.15, -0.1) is 0 Å². The van der Waals surface area contributed by atoms with Crippen molar-refractivity contribution in [1.29, 1.82) is 0 Å². The van der Waals surface area contributed by atoms with Crippen LogP contribution >= 0.6 is 0 Å². The maximum Gasteiger partial charge on any atom is 0.191 e. The van der Waals surface area contributed by atoms with Crippen molar-refractivity contribution < 1.29 is 4.74 Å². The van der Waals surface area contributed by atoms with Crippen molar-refractivity contribution in [2.45, 2.75) is 38.9 Å². The number of benzene rings is 1. The summed E-state index contributed by atoms with van der Waals surface area (Å²) >= 11 is 0. The van der Waals surface area contributed by atoms with Gasteiger partial charge in [-0.05, 0) is 32.9 Å². The Bertz CT molecular complexity index is 450. The molecular weight excluding hydrogens is 288 g/mol. The van der Waals surface area contributed by atoms with Gasteiger partial charge in [-0.1, -0.05) is 30.3 Å². The van der Waals surface area contributed by atoms with Crippen LogP contribution in [0.4, 0.5) is 0 Å². The minimum atomic E-state index is 0.240. The van der Waals surface area contributed by atoms with Crippen LogP contribution in [0, 0.1) is 0 Å². The fourth-order valence-electron chi connectivity index (χ4n) is 2.37. The van der Waals surface area contributed by atoms with Crippen LogP contribution in [0.15, 0.2) is 35.3 Å². The highest BCUT2D eigenvalue weighted by Gasteiger charge is 2.10. The van der Waals surface area contributed by atoms with Gasteiger partial charge in [0.05, 0.1) is 6.61 Å². The largest absolute Gasteiger partial charge is 0.383 e. The average molecular weight is 320 g/mol. The fourth-order valence-corrected chi connectivity index (χ4v) is 2.37. The number of hydrogen-bond donors (Lipinski definition) is 2. The SMILES string of the molecule is CN=C(NCCC(C)N(C)Cc1ccccc1)NC(C)COC. The molecule has 0 spiro atoms. The molecule has 1 aromatic carbocycles. The van der Waals surface area contributed by atoms with Crippen LogP contribution in [-0.2, 0) is 11.3 Å². The number of rotatable bonds is 9. The van der Waals surface area contributed by atoms with Gasteiger partial charge in [0.2, 0.25) is 0 Å². The van der Waals surface area contributed by atoms with E-state index in [0.717, 1.165) is 25.5 Å². The van der Waals surface area contributed by atoms with E-state index in [0.29, 0.717) is 12.6 Å². The van der Waals surface area contributed by atoms with Gasteiger partial charge in [0.15, 0.2) is 5.96 Å². The first-order valence-corrected chi connectivity index (χ1v) is 8.27. The highest BCUT2D eigenvalue weighted by atomic mass is 16.5. The molecule has 23 heavy (non-hydrogen) atoms. The molecule has 2 unspecified atom stereocenters. The van der Waals surface area contributed by atoms with E-state index in [1.54, 1.807) is 14.2 Å². The lowest BCUT2D eigenvalue weighted by atomic mass is 10.1. The van der Waals surface area contributed by atoms with Gasteiger partial charge in [-0.2, -0.15) is 0 Å². The molecule has 5 heteroatoms. The molecule has 2 N–H and O–H groups in total. The fraction of sp³-hybridized carbons (Fsp3) is 0.611. The molecule has 5 nitrogen and oxygen atoms in total. The zero-order chi connectivity index (χ0) is 17.1. The third kappa shape index (κ3) is 8.00. The van der Waals surface area contributed by atoms with E-state index in [-0.39, 0.29) is 6.04 Å². The normalized spacial score (nSPS) is 14.6. The maximum absolute atomic E-state index is 5.13. The molecule has 2 atom stereocenters. The zero-order valence-electron chi connectivity index (χ0n) is 15.2. The molecule has 0 aromatic heterocycles. The second kappa shape index (κ2) is 11.0. The van der Waals surface area contributed by atoms with Crippen molar-refractivity contribution in [3.8, 4) is 0 Å². The maximum atomic E-state index is 5.13. The molecule has 0 radical (unpaired) electrons. The molecular formula is C18H32N4O. The molecule has 0 fully saturated rings. The third-order valence-electron chi connectivity index (χ3n) is 3.91. The van der Waals surface area contributed by atoms with E-state index in [2.05, 4.69) is 71.8 Å². The van der Waals surface area contributed by atoms with Crippen molar-refractivity contribution in [2.24, 2.45) is 4.99 Å². The molecule has 0 bridgehead atoms. The van der Waals surface area contributed by atoms with Crippen LogP contribution in [0.2, 0.25) is 0 Å². The quantitative estimate of drug-likeness (QED) is 0.540. The second-order valence-electron chi connectivity index (χ2n) is 6.04. The summed E-state index contributed by atoms with van der Waals surface area (Å²) in [5.41, 5.74) is 1.35. The number of nitrogens with zero attached hydrogens (tertiary/aromatic N) is 2. The monoisotopic (exact) mass is 320 g/mol. The van der Waals surface area contributed by atoms with E-state index in [1.165, 1.54) is 5.56 Å². The first-order valence-electron chi connectivity index (χ1n) is 8.27. The Kier molecular flexibility index (Phi) is 9.33. The molecule has 0 aliphatic rings.